The van der Waals surface area contributed by atoms with Gasteiger partial charge in [0.05, 0.1) is 5.25 Å². The van der Waals surface area contributed by atoms with E-state index in [1.165, 1.54) is 11.3 Å². The van der Waals surface area contributed by atoms with E-state index >= 15 is 0 Å². The predicted octanol–water partition coefficient (Wildman–Crippen LogP) is 2.26. The number of hydrogen-bond acceptors (Lipinski definition) is 7. The van der Waals surface area contributed by atoms with Crippen molar-refractivity contribution in [1.29, 1.82) is 0 Å². The molecule has 1 fully saturated rings. The molecule has 2 aliphatic rings. The summed E-state index contributed by atoms with van der Waals surface area (Å²) in [6, 6.07) is -0.0944. The molecule has 9 heteroatoms. The van der Waals surface area contributed by atoms with Crippen LogP contribution in [0.1, 0.15) is 10.0 Å². The van der Waals surface area contributed by atoms with Crippen LogP contribution in [0.15, 0.2) is 6.20 Å². The lowest BCUT2D eigenvalue weighted by atomic mass is 10.1. The van der Waals surface area contributed by atoms with Gasteiger partial charge in [0.15, 0.2) is 0 Å². The molecule has 3 rings (SSSR count). The summed E-state index contributed by atoms with van der Waals surface area (Å²) in [5, 5.41) is 12.0. The molecule has 1 aromatic heterocycles. The largest absolute Gasteiger partial charge is 0.325 e. The summed E-state index contributed by atoms with van der Waals surface area (Å²) in [5.41, 5.74) is 0.988. The van der Waals surface area contributed by atoms with E-state index in [9.17, 15) is 4.79 Å². The molecule has 0 aromatic carbocycles. The SMILES string of the molecule is Cc1nnc(C2=CN3C(=O)C(N[Si](C)(C)C)[C@@H]3SC2C=S)s1. The molecule has 0 bridgehead atoms. The number of hydrogen-bond donors (Lipinski definition) is 1. The zero-order valence-corrected chi connectivity index (χ0v) is 16.3. The summed E-state index contributed by atoms with van der Waals surface area (Å²) in [6.07, 6.45) is 1.92. The van der Waals surface area contributed by atoms with Crippen molar-refractivity contribution in [2.45, 2.75) is 43.2 Å². The zero-order chi connectivity index (χ0) is 16.1. The van der Waals surface area contributed by atoms with Gasteiger partial charge < -0.3 is 9.88 Å². The fraction of sp³-hybridized carbons (Fsp3) is 0.538. The number of thiocarbonyl (C=S) groups is 1. The number of carbonyl (C=O) groups excluding carboxylic acids is 1. The van der Waals surface area contributed by atoms with E-state index in [-0.39, 0.29) is 22.6 Å². The Morgan fingerprint density at radius 2 is 2.14 bits per heavy atom. The van der Waals surface area contributed by atoms with Crippen LogP contribution < -0.4 is 4.98 Å². The molecule has 2 unspecified atom stereocenters. The number of nitrogens with zero attached hydrogens (tertiary/aromatic N) is 3. The van der Waals surface area contributed by atoms with Crippen molar-refractivity contribution in [3.05, 3.63) is 16.2 Å². The van der Waals surface area contributed by atoms with Gasteiger partial charge in [0, 0.05) is 11.8 Å². The molecule has 0 saturated carbocycles. The van der Waals surface area contributed by atoms with Gasteiger partial charge in [0.25, 0.3) is 0 Å². The molecule has 22 heavy (non-hydrogen) atoms. The average Bonchev–Trinajstić information content (AvgIpc) is 2.88. The molecule has 2 aliphatic heterocycles. The van der Waals surface area contributed by atoms with Crippen LogP contribution in [0.25, 0.3) is 5.57 Å². The van der Waals surface area contributed by atoms with Crippen molar-refractivity contribution in [2.75, 3.05) is 0 Å². The lowest BCUT2D eigenvalue weighted by Gasteiger charge is -2.50. The second kappa shape index (κ2) is 5.79. The number of rotatable bonds is 4. The van der Waals surface area contributed by atoms with Crippen LogP contribution in [0.3, 0.4) is 0 Å². The van der Waals surface area contributed by atoms with E-state index < -0.39 is 8.24 Å². The van der Waals surface area contributed by atoms with Gasteiger partial charge in [-0.25, -0.2) is 0 Å². The fourth-order valence-corrected chi connectivity index (χ4v) is 6.32. The van der Waals surface area contributed by atoms with E-state index in [0.717, 1.165) is 15.6 Å². The predicted molar refractivity (Wildman–Crippen MR) is 98.6 cm³/mol. The number of carbonyl (C=O) groups is 1. The summed E-state index contributed by atoms with van der Waals surface area (Å²) in [4.78, 5) is 17.8. The monoisotopic (exact) mass is 370 g/mol. The molecule has 0 radical (unpaired) electrons. The van der Waals surface area contributed by atoms with Crippen molar-refractivity contribution < 1.29 is 4.79 Å². The summed E-state index contributed by atoms with van der Waals surface area (Å²) in [7, 11) is -1.51. The maximum Gasteiger partial charge on any atom is 0.247 e. The Labute approximate surface area is 144 Å². The Hall–Kier alpha value is -0.613. The highest BCUT2D eigenvalue weighted by Crippen LogP contribution is 2.43. The van der Waals surface area contributed by atoms with Gasteiger partial charge in [-0.1, -0.05) is 43.2 Å². The topological polar surface area (TPSA) is 58.1 Å². The smallest absolute Gasteiger partial charge is 0.247 e. The summed E-state index contributed by atoms with van der Waals surface area (Å²) >= 11 is 8.46. The van der Waals surface area contributed by atoms with Gasteiger partial charge in [-0.15, -0.1) is 22.0 Å². The maximum atomic E-state index is 12.4. The first-order valence-electron chi connectivity index (χ1n) is 7.03. The maximum absolute atomic E-state index is 12.4. The Balaban J connectivity index is 1.87. The zero-order valence-electron chi connectivity index (χ0n) is 12.9. The number of nitrogens with one attached hydrogen (secondary N) is 1. The number of fused-ring (bicyclic) bond motifs is 1. The number of thioether (sulfide) groups is 1. The second-order valence-electron chi connectivity index (χ2n) is 6.41. The standard InChI is InChI=1S/C13H18N4OS3Si/c1-7-14-15-11(20-7)8-5-17-12(18)10(16-22(2,3)4)13(17)21-9(8)6-19/h5-6,9-10,13,16H,1-4H3/t9?,10?,13-/m0/s1. The highest BCUT2D eigenvalue weighted by molar-refractivity contribution is 8.02. The first kappa shape index (κ1) is 16.3. The van der Waals surface area contributed by atoms with Crippen LogP contribution in [-0.2, 0) is 4.79 Å². The first-order valence-corrected chi connectivity index (χ1v) is 12.8. The fourth-order valence-electron chi connectivity index (χ4n) is 2.51. The van der Waals surface area contributed by atoms with Crippen molar-refractivity contribution in [3.63, 3.8) is 0 Å². The molecule has 118 valence electrons. The van der Waals surface area contributed by atoms with Crippen LogP contribution in [-0.4, -0.2) is 51.3 Å². The Morgan fingerprint density at radius 3 is 2.68 bits per heavy atom. The normalized spacial score (nSPS) is 28.0. The molecule has 1 aromatic rings. The second-order valence-corrected chi connectivity index (χ2v) is 13.9. The van der Waals surface area contributed by atoms with E-state index in [4.69, 9.17) is 12.2 Å². The highest BCUT2D eigenvalue weighted by atomic mass is 32.2. The Kier molecular flexibility index (Phi) is 4.28. The van der Waals surface area contributed by atoms with Gasteiger partial charge in [0.2, 0.25) is 5.91 Å². The minimum Gasteiger partial charge on any atom is -0.325 e. The molecule has 0 aliphatic carbocycles. The Bertz CT molecular complexity index is 654. The van der Waals surface area contributed by atoms with Crippen LogP contribution >= 0.6 is 35.3 Å². The van der Waals surface area contributed by atoms with Crippen LogP contribution in [0.5, 0.6) is 0 Å². The summed E-state index contributed by atoms with van der Waals surface area (Å²) in [6.45, 7) is 8.55. The third-order valence-corrected chi connectivity index (χ3v) is 7.41. The molecule has 1 amide bonds. The molecular formula is C13H18N4OS3Si. The number of aromatic nitrogens is 2. The molecule has 3 atom stereocenters. The number of aryl methyl sites for hydroxylation is 1. The first-order chi connectivity index (χ1) is 10.3. The molecule has 1 saturated heterocycles. The van der Waals surface area contributed by atoms with Gasteiger partial charge in [-0.05, 0) is 12.3 Å². The van der Waals surface area contributed by atoms with Gasteiger partial charge >= 0.3 is 0 Å². The molecule has 3 heterocycles. The van der Waals surface area contributed by atoms with E-state index in [1.807, 2.05) is 18.0 Å². The van der Waals surface area contributed by atoms with Crippen molar-refractivity contribution in [2.24, 2.45) is 0 Å². The third-order valence-electron chi connectivity index (χ3n) is 3.44. The highest BCUT2D eigenvalue weighted by Gasteiger charge is 2.51. The minimum absolute atomic E-state index is 0.0719. The summed E-state index contributed by atoms with van der Waals surface area (Å²) in [5.74, 6) is 0.140. The van der Waals surface area contributed by atoms with Crippen molar-refractivity contribution in [1.82, 2.24) is 20.1 Å². The Morgan fingerprint density at radius 1 is 1.41 bits per heavy atom. The van der Waals surface area contributed by atoms with Gasteiger partial charge in [-0.2, -0.15) is 0 Å². The molecule has 5 nitrogen and oxygen atoms in total. The van der Waals surface area contributed by atoms with Crippen LogP contribution in [0, 0.1) is 6.92 Å². The van der Waals surface area contributed by atoms with Crippen molar-refractivity contribution >= 4 is 60.4 Å². The number of amides is 1. The molecule has 0 spiro atoms. The van der Waals surface area contributed by atoms with E-state index in [1.54, 1.807) is 17.1 Å². The van der Waals surface area contributed by atoms with Gasteiger partial charge in [-0.3, -0.25) is 4.79 Å². The van der Waals surface area contributed by atoms with Crippen LogP contribution in [0.4, 0.5) is 0 Å². The lowest BCUT2D eigenvalue weighted by Crippen LogP contribution is -2.71. The van der Waals surface area contributed by atoms with E-state index in [0.29, 0.717) is 0 Å². The van der Waals surface area contributed by atoms with E-state index in [2.05, 4.69) is 34.8 Å². The molecule has 1 N–H and O–H groups in total. The van der Waals surface area contributed by atoms with Crippen LogP contribution in [0.2, 0.25) is 19.6 Å². The lowest BCUT2D eigenvalue weighted by molar-refractivity contribution is -0.140. The minimum atomic E-state index is -1.51. The average molecular weight is 371 g/mol. The third kappa shape index (κ3) is 2.92. The summed E-state index contributed by atoms with van der Waals surface area (Å²) < 4.78 is 0. The van der Waals surface area contributed by atoms with Crippen molar-refractivity contribution in [3.8, 4) is 0 Å². The quantitative estimate of drug-likeness (QED) is 0.498. The van der Waals surface area contributed by atoms with Gasteiger partial charge in [0.1, 0.15) is 29.7 Å². The number of β-lactam (4-membered cyclic amide) rings is 1. The molecular weight excluding hydrogens is 352 g/mol.